The fraction of sp³-hybridized carbons (Fsp3) is 0.290. The second kappa shape index (κ2) is 16.2. The Balaban J connectivity index is 0.00000242. The van der Waals surface area contributed by atoms with Gasteiger partial charge in [-0.25, -0.2) is 0 Å². The van der Waals surface area contributed by atoms with E-state index in [1.807, 2.05) is 78.9 Å². The second-order valence-electron chi connectivity index (χ2n) is 9.70. The number of halogens is 2. The standard InChI is InChI=1S/C31H33N3O4S2.2ClH/c1-32-17-19-33(20-18-32)16-3-21-37-26-10-6-24(7-11-26)34-30(35)29(40-31(34)39)22-23-4-8-27(9-5-23)38-28-14-12-25(36-2)13-15-28;;/h4-15,22H,3,16-21H2,1-2H3;2*1H/b29-22-;;. The first-order valence-electron chi connectivity index (χ1n) is 13.3. The smallest absolute Gasteiger partial charge is 0.270 e. The molecule has 0 N–H and O–H groups in total. The largest absolute Gasteiger partial charge is 0.497 e. The van der Waals surface area contributed by atoms with Crippen LogP contribution >= 0.6 is 48.8 Å². The van der Waals surface area contributed by atoms with Gasteiger partial charge in [-0.1, -0.05) is 36.1 Å². The number of rotatable bonds is 10. The summed E-state index contributed by atoms with van der Waals surface area (Å²) in [5.74, 6) is 2.86. The zero-order valence-electron chi connectivity index (χ0n) is 23.6. The highest BCUT2D eigenvalue weighted by molar-refractivity contribution is 8.27. The van der Waals surface area contributed by atoms with E-state index >= 15 is 0 Å². The lowest BCUT2D eigenvalue weighted by Crippen LogP contribution is -2.44. The topological polar surface area (TPSA) is 54.5 Å². The number of piperazine rings is 1. The third kappa shape index (κ3) is 8.86. The Labute approximate surface area is 269 Å². The minimum atomic E-state index is -0.130. The minimum Gasteiger partial charge on any atom is -0.497 e. The Bertz CT molecular complexity index is 1350. The van der Waals surface area contributed by atoms with Gasteiger partial charge < -0.3 is 24.0 Å². The van der Waals surface area contributed by atoms with E-state index in [4.69, 9.17) is 26.4 Å². The molecule has 2 fully saturated rings. The number of carbonyl (C=O) groups is 1. The Kier molecular flexibility index (Phi) is 13.0. The van der Waals surface area contributed by atoms with Gasteiger partial charge in [0.1, 0.15) is 23.0 Å². The molecular weight excluding hydrogens is 613 g/mol. The van der Waals surface area contributed by atoms with Crippen LogP contribution in [0.4, 0.5) is 5.69 Å². The number of methoxy groups -OCH3 is 1. The molecule has 42 heavy (non-hydrogen) atoms. The molecule has 11 heteroatoms. The summed E-state index contributed by atoms with van der Waals surface area (Å²) in [5.41, 5.74) is 1.63. The number of thiocarbonyl (C=S) groups is 1. The van der Waals surface area contributed by atoms with Crippen LogP contribution in [0.25, 0.3) is 6.08 Å². The summed E-state index contributed by atoms with van der Waals surface area (Å²) >= 11 is 6.85. The highest BCUT2D eigenvalue weighted by atomic mass is 35.5. The van der Waals surface area contributed by atoms with Crippen molar-refractivity contribution in [2.24, 2.45) is 0 Å². The van der Waals surface area contributed by atoms with Crippen molar-refractivity contribution in [3.8, 4) is 23.0 Å². The van der Waals surface area contributed by atoms with Crippen molar-refractivity contribution >= 4 is 70.8 Å². The number of amides is 1. The molecule has 0 spiro atoms. The van der Waals surface area contributed by atoms with Gasteiger partial charge in [0.15, 0.2) is 4.32 Å². The molecule has 5 rings (SSSR count). The van der Waals surface area contributed by atoms with Crippen molar-refractivity contribution in [3.63, 3.8) is 0 Å². The first kappa shape index (κ1) is 33.7. The maximum atomic E-state index is 13.2. The molecule has 0 unspecified atom stereocenters. The summed E-state index contributed by atoms with van der Waals surface area (Å²) in [6.07, 6.45) is 2.84. The Morgan fingerprint density at radius 1 is 0.833 bits per heavy atom. The molecule has 2 aliphatic rings. The second-order valence-corrected chi connectivity index (χ2v) is 11.4. The van der Waals surface area contributed by atoms with Crippen LogP contribution in [-0.2, 0) is 4.79 Å². The average Bonchev–Trinajstić information content (AvgIpc) is 3.26. The summed E-state index contributed by atoms with van der Waals surface area (Å²) < 4.78 is 17.5. The number of thioether (sulfide) groups is 1. The van der Waals surface area contributed by atoms with Crippen molar-refractivity contribution in [2.45, 2.75) is 6.42 Å². The molecule has 0 aliphatic carbocycles. The predicted molar refractivity (Wildman–Crippen MR) is 180 cm³/mol. The lowest BCUT2D eigenvalue weighted by atomic mass is 10.2. The number of carbonyl (C=O) groups excluding carboxylic acids is 1. The number of ether oxygens (including phenoxy) is 3. The number of anilines is 1. The monoisotopic (exact) mass is 647 g/mol. The SMILES string of the molecule is COc1ccc(Oc2ccc(/C=C3\SC(=S)N(c4ccc(OCCCN5CCN(C)CC5)cc4)C3=O)cc2)cc1.Cl.Cl. The quantitative estimate of drug-likeness (QED) is 0.136. The molecular formula is C31H35Cl2N3O4S2. The minimum absolute atomic E-state index is 0. The van der Waals surface area contributed by atoms with Crippen molar-refractivity contribution in [1.29, 1.82) is 0 Å². The number of hydrogen-bond donors (Lipinski definition) is 0. The zero-order chi connectivity index (χ0) is 27.9. The van der Waals surface area contributed by atoms with E-state index in [0.29, 0.717) is 21.6 Å². The Morgan fingerprint density at radius 3 is 2.02 bits per heavy atom. The Morgan fingerprint density at radius 2 is 1.40 bits per heavy atom. The van der Waals surface area contributed by atoms with E-state index in [0.717, 1.165) is 67.6 Å². The fourth-order valence-electron chi connectivity index (χ4n) is 4.49. The van der Waals surface area contributed by atoms with E-state index < -0.39 is 0 Å². The molecule has 0 radical (unpaired) electrons. The lowest BCUT2D eigenvalue weighted by Gasteiger charge is -2.32. The molecule has 3 aromatic carbocycles. The van der Waals surface area contributed by atoms with E-state index in [2.05, 4.69) is 16.8 Å². The van der Waals surface area contributed by atoms with Crippen molar-refractivity contribution in [2.75, 3.05) is 58.4 Å². The molecule has 0 bridgehead atoms. The van der Waals surface area contributed by atoms with Gasteiger partial charge >= 0.3 is 0 Å². The van der Waals surface area contributed by atoms with E-state index in [1.54, 1.807) is 12.0 Å². The van der Waals surface area contributed by atoms with Gasteiger partial charge in [0, 0.05) is 32.7 Å². The summed E-state index contributed by atoms with van der Waals surface area (Å²) in [6.45, 7) is 6.20. The third-order valence-electron chi connectivity index (χ3n) is 6.84. The first-order valence-corrected chi connectivity index (χ1v) is 14.5. The maximum absolute atomic E-state index is 13.2. The summed E-state index contributed by atoms with van der Waals surface area (Å²) in [7, 11) is 3.80. The number of hydrogen-bond acceptors (Lipinski definition) is 8. The van der Waals surface area contributed by atoms with Crippen LogP contribution in [0.3, 0.4) is 0 Å². The molecule has 224 valence electrons. The van der Waals surface area contributed by atoms with Gasteiger partial charge in [-0.05, 0) is 85.8 Å². The fourth-order valence-corrected chi connectivity index (χ4v) is 5.79. The highest BCUT2D eigenvalue weighted by Gasteiger charge is 2.33. The van der Waals surface area contributed by atoms with Crippen LogP contribution in [0.1, 0.15) is 12.0 Å². The van der Waals surface area contributed by atoms with Crippen molar-refractivity contribution in [3.05, 3.63) is 83.3 Å². The average molecular weight is 649 g/mol. The maximum Gasteiger partial charge on any atom is 0.270 e. The van der Waals surface area contributed by atoms with Crippen LogP contribution in [0.15, 0.2) is 77.7 Å². The number of nitrogens with zero attached hydrogens (tertiary/aromatic N) is 3. The van der Waals surface area contributed by atoms with Gasteiger partial charge in [0.05, 0.1) is 24.3 Å². The molecule has 2 aliphatic heterocycles. The number of likely N-dealkylation sites (N-methyl/N-ethyl adjacent to an activating group) is 1. The molecule has 7 nitrogen and oxygen atoms in total. The van der Waals surface area contributed by atoms with E-state index in [1.165, 1.54) is 11.8 Å². The normalized spacial score (nSPS) is 16.6. The summed E-state index contributed by atoms with van der Waals surface area (Å²) in [6, 6.07) is 22.6. The summed E-state index contributed by atoms with van der Waals surface area (Å²) in [4.78, 5) is 20.2. The van der Waals surface area contributed by atoms with Gasteiger partial charge in [0.2, 0.25) is 0 Å². The van der Waals surface area contributed by atoms with Gasteiger partial charge in [0.25, 0.3) is 5.91 Å². The first-order chi connectivity index (χ1) is 19.5. The third-order valence-corrected chi connectivity index (χ3v) is 8.15. The van der Waals surface area contributed by atoms with Crippen molar-refractivity contribution in [1.82, 2.24) is 9.80 Å². The molecule has 2 heterocycles. The van der Waals surface area contributed by atoms with Crippen LogP contribution < -0.4 is 19.1 Å². The molecule has 0 atom stereocenters. The molecule has 1 amide bonds. The van der Waals surface area contributed by atoms with Gasteiger partial charge in [-0.2, -0.15) is 0 Å². The summed E-state index contributed by atoms with van der Waals surface area (Å²) in [5, 5.41) is 0. The van der Waals surface area contributed by atoms with Gasteiger partial charge in [-0.15, -0.1) is 24.8 Å². The molecule has 0 aromatic heterocycles. The van der Waals surface area contributed by atoms with Crippen LogP contribution in [0.5, 0.6) is 23.0 Å². The van der Waals surface area contributed by atoms with E-state index in [-0.39, 0.29) is 30.7 Å². The lowest BCUT2D eigenvalue weighted by molar-refractivity contribution is -0.113. The number of benzene rings is 3. The zero-order valence-corrected chi connectivity index (χ0v) is 26.8. The van der Waals surface area contributed by atoms with Crippen LogP contribution in [0, 0.1) is 0 Å². The highest BCUT2D eigenvalue weighted by Crippen LogP contribution is 2.37. The van der Waals surface area contributed by atoms with Gasteiger partial charge in [-0.3, -0.25) is 9.69 Å². The van der Waals surface area contributed by atoms with Crippen LogP contribution in [-0.4, -0.2) is 73.5 Å². The van der Waals surface area contributed by atoms with E-state index in [9.17, 15) is 4.79 Å². The molecule has 0 saturated carbocycles. The van der Waals surface area contributed by atoms with Crippen LogP contribution in [0.2, 0.25) is 0 Å². The Hall–Kier alpha value is -2.79. The van der Waals surface area contributed by atoms with Crippen molar-refractivity contribution < 1.29 is 19.0 Å². The predicted octanol–water partition coefficient (Wildman–Crippen LogP) is 6.75. The molecule has 2 saturated heterocycles. The molecule has 3 aromatic rings.